The highest BCUT2D eigenvalue weighted by molar-refractivity contribution is 5.74. The summed E-state index contributed by atoms with van der Waals surface area (Å²) in [6.07, 6.45) is 6.06. The maximum atomic E-state index is 11.6. The van der Waals surface area contributed by atoms with Crippen molar-refractivity contribution in [1.29, 1.82) is 0 Å². The molecule has 1 aromatic heterocycles. The molecule has 0 amide bonds. The molecule has 0 aromatic carbocycles. The lowest BCUT2D eigenvalue weighted by Crippen LogP contribution is -2.33. The average Bonchev–Trinajstić information content (AvgIpc) is 2.54. The second-order valence-corrected chi connectivity index (χ2v) is 4.87. The summed E-state index contributed by atoms with van der Waals surface area (Å²) < 4.78 is 0. The van der Waals surface area contributed by atoms with E-state index in [0.29, 0.717) is 12.2 Å². The highest BCUT2D eigenvalue weighted by Crippen LogP contribution is 2.37. The quantitative estimate of drug-likeness (QED) is 0.800. The Morgan fingerprint density at radius 3 is 2.47 bits per heavy atom. The van der Waals surface area contributed by atoms with Gasteiger partial charge in [0, 0.05) is 6.42 Å². The molecule has 1 N–H and O–H groups in total. The molecule has 1 saturated carbocycles. The zero-order valence-corrected chi connectivity index (χ0v) is 10.1. The third-order valence-electron chi connectivity index (χ3n) is 3.56. The summed E-state index contributed by atoms with van der Waals surface area (Å²) in [7, 11) is 1.69. The minimum Gasteiger partial charge on any atom is -0.481 e. The number of rotatable bonds is 3. The van der Waals surface area contributed by atoms with Gasteiger partial charge in [-0.05, 0) is 18.1 Å². The van der Waals surface area contributed by atoms with Crippen LogP contribution in [-0.4, -0.2) is 31.3 Å². The van der Waals surface area contributed by atoms with Crippen LogP contribution in [0, 0.1) is 5.41 Å². The van der Waals surface area contributed by atoms with Gasteiger partial charge in [-0.25, -0.2) is 0 Å². The van der Waals surface area contributed by atoms with Crippen LogP contribution < -0.4 is 0 Å². The van der Waals surface area contributed by atoms with E-state index in [9.17, 15) is 9.90 Å². The lowest BCUT2D eigenvalue weighted by atomic mass is 9.77. The van der Waals surface area contributed by atoms with E-state index in [0.717, 1.165) is 38.5 Å². The van der Waals surface area contributed by atoms with Crippen LogP contribution in [0.3, 0.4) is 0 Å². The molecule has 0 aliphatic heterocycles. The molecule has 2 rings (SSSR count). The number of hydrogen-bond donors (Lipinski definition) is 1. The minimum atomic E-state index is -0.716. The lowest BCUT2D eigenvalue weighted by molar-refractivity contribution is -0.150. The summed E-state index contributed by atoms with van der Waals surface area (Å²) in [6.45, 7) is 0. The molecule has 0 unspecified atom stereocenters. The van der Waals surface area contributed by atoms with Gasteiger partial charge in [0.05, 0.1) is 12.5 Å². The number of aliphatic carboxylic acids is 1. The van der Waals surface area contributed by atoms with Crippen molar-refractivity contribution >= 4 is 5.97 Å². The van der Waals surface area contributed by atoms with Gasteiger partial charge in [-0.3, -0.25) is 4.79 Å². The summed E-state index contributed by atoms with van der Waals surface area (Å²) in [5, 5.41) is 21.3. The van der Waals surface area contributed by atoms with Crippen molar-refractivity contribution in [2.45, 2.75) is 44.9 Å². The Bertz CT molecular complexity index is 394. The maximum Gasteiger partial charge on any atom is 0.310 e. The van der Waals surface area contributed by atoms with Crippen molar-refractivity contribution in [3.05, 3.63) is 5.82 Å². The number of nitrogens with zero attached hydrogens (tertiary/aromatic N) is 4. The number of carbonyl (C=O) groups is 1. The molecule has 0 radical (unpaired) electrons. The largest absolute Gasteiger partial charge is 0.481 e. The predicted molar refractivity (Wildman–Crippen MR) is 60.3 cm³/mol. The molecule has 0 atom stereocenters. The molecule has 6 nitrogen and oxygen atoms in total. The minimum absolute atomic E-state index is 0.399. The number of hydrogen-bond acceptors (Lipinski definition) is 4. The number of tetrazole rings is 1. The van der Waals surface area contributed by atoms with Crippen molar-refractivity contribution in [3.8, 4) is 0 Å². The average molecular weight is 238 g/mol. The number of aryl methyl sites for hydroxylation is 1. The smallest absolute Gasteiger partial charge is 0.310 e. The first-order chi connectivity index (χ1) is 8.12. The predicted octanol–water partition coefficient (Wildman–Crippen LogP) is 1.18. The van der Waals surface area contributed by atoms with Gasteiger partial charge < -0.3 is 5.11 Å². The zero-order valence-electron chi connectivity index (χ0n) is 10.1. The summed E-state index contributed by atoms with van der Waals surface area (Å²) >= 11 is 0. The topological polar surface area (TPSA) is 80.9 Å². The van der Waals surface area contributed by atoms with Gasteiger partial charge >= 0.3 is 5.97 Å². The number of carboxylic acid groups (broad SMARTS) is 1. The monoisotopic (exact) mass is 238 g/mol. The molecule has 1 aliphatic rings. The Kier molecular flexibility index (Phi) is 3.40. The highest BCUT2D eigenvalue weighted by atomic mass is 16.4. The van der Waals surface area contributed by atoms with Crippen LogP contribution in [0.25, 0.3) is 0 Å². The normalized spacial score (nSPS) is 19.8. The molecule has 1 aromatic rings. The number of aromatic nitrogens is 4. The standard InChI is InChI=1S/C11H18N4O2/c1-15-13-9(12-14-15)8-11(10(16)17)6-4-2-3-5-7-11/h2-8H2,1H3,(H,16,17). The van der Waals surface area contributed by atoms with Crippen LogP contribution >= 0.6 is 0 Å². The molecule has 1 fully saturated rings. The summed E-state index contributed by atoms with van der Waals surface area (Å²) in [4.78, 5) is 12.9. The van der Waals surface area contributed by atoms with Crippen molar-refractivity contribution < 1.29 is 9.90 Å². The van der Waals surface area contributed by atoms with Crippen LogP contribution in [0.4, 0.5) is 0 Å². The van der Waals surface area contributed by atoms with E-state index >= 15 is 0 Å². The SMILES string of the molecule is Cn1nnc(CC2(C(=O)O)CCCCCC2)n1. The van der Waals surface area contributed by atoms with Gasteiger partial charge in [-0.2, -0.15) is 4.80 Å². The zero-order chi connectivity index (χ0) is 12.3. The first kappa shape index (κ1) is 12.0. The van der Waals surface area contributed by atoms with Gasteiger partial charge in [-0.1, -0.05) is 25.7 Å². The number of carboxylic acids is 1. The van der Waals surface area contributed by atoms with Crippen molar-refractivity contribution in [2.24, 2.45) is 12.5 Å². The second-order valence-electron chi connectivity index (χ2n) is 4.87. The fourth-order valence-electron chi connectivity index (χ4n) is 2.57. The fourth-order valence-corrected chi connectivity index (χ4v) is 2.57. The molecule has 1 heterocycles. The van der Waals surface area contributed by atoms with Crippen LogP contribution in [0.1, 0.15) is 44.3 Å². The van der Waals surface area contributed by atoms with Gasteiger partial charge in [0.2, 0.25) is 0 Å². The van der Waals surface area contributed by atoms with E-state index < -0.39 is 11.4 Å². The molecule has 17 heavy (non-hydrogen) atoms. The maximum absolute atomic E-state index is 11.6. The van der Waals surface area contributed by atoms with E-state index in [2.05, 4.69) is 15.4 Å². The van der Waals surface area contributed by atoms with Crippen molar-refractivity contribution in [1.82, 2.24) is 20.2 Å². The first-order valence-electron chi connectivity index (χ1n) is 6.09. The molecule has 0 saturated heterocycles. The molecule has 1 aliphatic carbocycles. The summed E-state index contributed by atoms with van der Waals surface area (Å²) in [5.74, 6) is -0.177. The third kappa shape index (κ3) is 2.62. The van der Waals surface area contributed by atoms with Crippen LogP contribution in [0.2, 0.25) is 0 Å². The molecule has 94 valence electrons. The Labute approximate surface area is 100 Å². The van der Waals surface area contributed by atoms with Crippen molar-refractivity contribution in [2.75, 3.05) is 0 Å². The highest BCUT2D eigenvalue weighted by Gasteiger charge is 2.39. The molecule has 0 bridgehead atoms. The van der Waals surface area contributed by atoms with Gasteiger partial charge in [-0.15, -0.1) is 10.2 Å². The fraction of sp³-hybridized carbons (Fsp3) is 0.818. The molecular weight excluding hydrogens is 220 g/mol. The lowest BCUT2D eigenvalue weighted by Gasteiger charge is -2.26. The van der Waals surface area contributed by atoms with E-state index in [1.54, 1.807) is 7.05 Å². The second kappa shape index (κ2) is 4.81. The Balaban J connectivity index is 2.18. The van der Waals surface area contributed by atoms with E-state index in [1.807, 2.05) is 0 Å². The van der Waals surface area contributed by atoms with Crippen molar-refractivity contribution in [3.63, 3.8) is 0 Å². The van der Waals surface area contributed by atoms with Crippen LogP contribution in [-0.2, 0) is 18.3 Å². The molecular formula is C11H18N4O2. The van der Waals surface area contributed by atoms with Gasteiger partial charge in [0.1, 0.15) is 0 Å². The summed E-state index contributed by atoms with van der Waals surface area (Å²) in [6, 6.07) is 0. The van der Waals surface area contributed by atoms with Crippen LogP contribution in [0.15, 0.2) is 0 Å². The van der Waals surface area contributed by atoms with E-state index in [1.165, 1.54) is 4.80 Å². The molecule has 0 spiro atoms. The Morgan fingerprint density at radius 2 is 2.00 bits per heavy atom. The summed E-state index contributed by atoms with van der Waals surface area (Å²) in [5.41, 5.74) is -0.681. The van der Waals surface area contributed by atoms with E-state index in [-0.39, 0.29) is 0 Å². The Morgan fingerprint density at radius 1 is 1.35 bits per heavy atom. The van der Waals surface area contributed by atoms with Crippen LogP contribution in [0.5, 0.6) is 0 Å². The third-order valence-corrected chi connectivity index (χ3v) is 3.56. The van der Waals surface area contributed by atoms with Gasteiger partial charge in [0.15, 0.2) is 5.82 Å². The first-order valence-corrected chi connectivity index (χ1v) is 6.09. The van der Waals surface area contributed by atoms with Gasteiger partial charge in [0.25, 0.3) is 0 Å². The molecule has 6 heteroatoms. The Hall–Kier alpha value is -1.46. The van der Waals surface area contributed by atoms with E-state index in [4.69, 9.17) is 0 Å².